The van der Waals surface area contributed by atoms with E-state index < -0.39 is 12.2 Å². The lowest BCUT2D eigenvalue weighted by Crippen LogP contribution is -2.47. The minimum absolute atomic E-state index is 0.00222. The molecule has 1 aromatic rings. The number of alkyl carbamates (subject to hydrolysis) is 1. The SMILES string of the molecule is CCN(C)C(=O)[C@@H]1CC[C@@H](NC(=O)OCc2ccccc2)CO1. The fraction of sp³-hybridized carbons (Fsp3) is 0.529. The number of ether oxygens (including phenoxy) is 2. The van der Waals surface area contributed by atoms with Gasteiger partial charge in [-0.3, -0.25) is 4.79 Å². The van der Waals surface area contributed by atoms with E-state index in [-0.39, 0.29) is 18.6 Å². The van der Waals surface area contributed by atoms with E-state index in [1.807, 2.05) is 37.3 Å². The zero-order valence-corrected chi connectivity index (χ0v) is 13.7. The first-order valence-electron chi connectivity index (χ1n) is 7.94. The molecule has 2 atom stereocenters. The third-order valence-electron chi connectivity index (χ3n) is 3.94. The van der Waals surface area contributed by atoms with Crippen LogP contribution in [0.2, 0.25) is 0 Å². The Balaban J connectivity index is 1.69. The third kappa shape index (κ3) is 5.25. The Morgan fingerprint density at radius 3 is 2.65 bits per heavy atom. The summed E-state index contributed by atoms with van der Waals surface area (Å²) in [5.74, 6) is -0.00222. The Hall–Kier alpha value is -2.08. The van der Waals surface area contributed by atoms with E-state index >= 15 is 0 Å². The van der Waals surface area contributed by atoms with Crippen LogP contribution in [0.4, 0.5) is 4.79 Å². The van der Waals surface area contributed by atoms with Crippen molar-refractivity contribution < 1.29 is 19.1 Å². The van der Waals surface area contributed by atoms with Gasteiger partial charge in [0.25, 0.3) is 5.91 Å². The van der Waals surface area contributed by atoms with Crippen molar-refractivity contribution in [2.24, 2.45) is 0 Å². The second-order valence-corrected chi connectivity index (χ2v) is 5.65. The van der Waals surface area contributed by atoms with E-state index in [0.29, 0.717) is 26.0 Å². The number of nitrogens with one attached hydrogen (secondary N) is 1. The standard InChI is InChI=1S/C17H24N2O4/c1-3-19(2)16(20)15-10-9-14(12-22-15)18-17(21)23-11-13-7-5-4-6-8-13/h4-8,14-15H,3,9-12H2,1-2H3,(H,18,21)/t14-,15+/m1/s1. The van der Waals surface area contributed by atoms with Gasteiger partial charge in [0.05, 0.1) is 12.6 Å². The first-order chi connectivity index (χ1) is 11.1. The summed E-state index contributed by atoms with van der Waals surface area (Å²) >= 11 is 0. The molecule has 1 fully saturated rings. The third-order valence-corrected chi connectivity index (χ3v) is 3.94. The number of likely N-dealkylation sites (N-methyl/N-ethyl adjacent to an activating group) is 1. The fourth-order valence-electron chi connectivity index (χ4n) is 2.39. The molecule has 0 radical (unpaired) electrons. The summed E-state index contributed by atoms with van der Waals surface area (Å²) in [5, 5.41) is 2.78. The quantitative estimate of drug-likeness (QED) is 0.900. The minimum atomic E-state index is -0.460. The second kappa shape index (κ2) is 8.53. The molecule has 1 aromatic carbocycles. The molecule has 1 aliphatic heterocycles. The van der Waals surface area contributed by atoms with Crippen molar-refractivity contribution in [2.75, 3.05) is 20.2 Å². The first kappa shape index (κ1) is 17.3. The van der Waals surface area contributed by atoms with Crippen LogP contribution < -0.4 is 5.32 Å². The van der Waals surface area contributed by atoms with Gasteiger partial charge in [0.1, 0.15) is 12.7 Å². The molecule has 2 rings (SSSR count). The molecule has 0 bridgehead atoms. The maximum absolute atomic E-state index is 12.0. The molecule has 2 amide bonds. The van der Waals surface area contributed by atoms with Crippen LogP contribution in [0, 0.1) is 0 Å². The molecule has 6 nitrogen and oxygen atoms in total. The van der Waals surface area contributed by atoms with E-state index in [9.17, 15) is 9.59 Å². The van der Waals surface area contributed by atoms with Crippen LogP contribution in [-0.4, -0.2) is 49.2 Å². The van der Waals surface area contributed by atoms with Gasteiger partial charge in [0.15, 0.2) is 0 Å². The average molecular weight is 320 g/mol. The van der Waals surface area contributed by atoms with Crippen LogP contribution in [0.15, 0.2) is 30.3 Å². The summed E-state index contributed by atoms with van der Waals surface area (Å²) in [6.07, 6.45) is 0.442. The number of amides is 2. The van der Waals surface area contributed by atoms with Crippen molar-refractivity contribution >= 4 is 12.0 Å². The molecule has 0 aromatic heterocycles. The summed E-state index contributed by atoms with van der Waals surface area (Å²) < 4.78 is 10.8. The van der Waals surface area contributed by atoms with Crippen LogP contribution >= 0.6 is 0 Å². The Labute approximate surface area is 136 Å². The largest absolute Gasteiger partial charge is 0.445 e. The highest BCUT2D eigenvalue weighted by Crippen LogP contribution is 2.15. The van der Waals surface area contributed by atoms with Crippen LogP contribution in [0.1, 0.15) is 25.3 Å². The maximum atomic E-state index is 12.0. The lowest BCUT2D eigenvalue weighted by atomic mass is 10.0. The van der Waals surface area contributed by atoms with Crippen molar-refractivity contribution in [2.45, 2.75) is 38.5 Å². The molecular weight excluding hydrogens is 296 g/mol. The van der Waals surface area contributed by atoms with E-state index in [0.717, 1.165) is 5.56 Å². The summed E-state index contributed by atoms with van der Waals surface area (Å²) in [6, 6.07) is 9.40. The van der Waals surface area contributed by atoms with E-state index in [1.54, 1.807) is 11.9 Å². The molecule has 0 aliphatic carbocycles. The minimum Gasteiger partial charge on any atom is -0.445 e. The number of hydrogen-bond acceptors (Lipinski definition) is 4. The van der Waals surface area contributed by atoms with Gasteiger partial charge >= 0.3 is 6.09 Å². The topological polar surface area (TPSA) is 67.9 Å². The maximum Gasteiger partial charge on any atom is 0.407 e. The monoisotopic (exact) mass is 320 g/mol. The van der Waals surface area contributed by atoms with Gasteiger partial charge in [0, 0.05) is 13.6 Å². The van der Waals surface area contributed by atoms with E-state index in [1.165, 1.54) is 0 Å². The molecule has 23 heavy (non-hydrogen) atoms. The zero-order valence-electron chi connectivity index (χ0n) is 13.7. The smallest absolute Gasteiger partial charge is 0.407 e. The molecular formula is C17H24N2O4. The molecule has 0 spiro atoms. The Morgan fingerprint density at radius 1 is 1.30 bits per heavy atom. The Morgan fingerprint density at radius 2 is 2.04 bits per heavy atom. The molecule has 1 saturated heterocycles. The summed E-state index contributed by atoms with van der Waals surface area (Å²) in [7, 11) is 1.76. The molecule has 0 unspecified atom stereocenters. The molecule has 1 heterocycles. The van der Waals surface area contributed by atoms with Crippen molar-refractivity contribution in [3.63, 3.8) is 0 Å². The highest BCUT2D eigenvalue weighted by atomic mass is 16.5. The van der Waals surface area contributed by atoms with Gasteiger partial charge < -0.3 is 19.7 Å². The number of carbonyl (C=O) groups is 2. The second-order valence-electron chi connectivity index (χ2n) is 5.65. The van der Waals surface area contributed by atoms with Gasteiger partial charge in [-0.05, 0) is 25.3 Å². The zero-order chi connectivity index (χ0) is 16.7. The fourth-order valence-corrected chi connectivity index (χ4v) is 2.39. The lowest BCUT2D eigenvalue weighted by molar-refractivity contribution is -0.145. The van der Waals surface area contributed by atoms with Crippen LogP contribution in [-0.2, 0) is 20.9 Å². The Bertz CT molecular complexity index is 513. The average Bonchev–Trinajstić information content (AvgIpc) is 2.60. The predicted molar refractivity (Wildman–Crippen MR) is 85.8 cm³/mol. The van der Waals surface area contributed by atoms with Gasteiger partial charge in [-0.25, -0.2) is 4.79 Å². The molecule has 1 aliphatic rings. The normalized spacial score (nSPS) is 20.6. The summed E-state index contributed by atoms with van der Waals surface area (Å²) in [4.78, 5) is 25.4. The predicted octanol–water partition coefficient (Wildman–Crippen LogP) is 1.94. The first-order valence-corrected chi connectivity index (χ1v) is 7.94. The Kier molecular flexibility index (Phi) is 6.40. The van der Waals surface area contributed by atoms with E-state index in [4.69, 9.17) is 9.47 Å². The molecule has 1 N–H and O–H groups in total. The van der Waals surface area contributed by atoms with Crippen molar-refractivity contribution in [3.8, 4) is 0 Å². The van der Waals surface area contributed by atoms with Crippen LogP contribution in [0.3, 0.4) is 0 Å². The number of benzene rings is 1. The van der Waals surface area contributed by atoms with Gasteiger partial charge in [-0.15, -0.1) is 0 Å². The van der Waals surface area contributed by atoms with Crippen LogP contribution in [0.5, 0.6) is 0 Å². The number of rotatable bonds is 5. The lowest BCUT2D eigenvalue weighted by Gasteiger charge is -2.30. The molecule has 0 saturated carbocycles. The highest BCUT2D eigenvalue weighted by Gasteiger charge is 2.29. The van der Waals surface area contributed by atoms with Crippen molar-refractivity contribution in [1.82, 2.24) is 10.2 Å². The van der Waals surface area contributed by atoms with E-state index in [2.05, 4.69) is 5.32 Å². The van der Waals surface area contributed by atoms with Crippen molar-refractivity contribution in [1.29, 1.82) is 0 Å². The van der Waals surface area contributed by atoms with Crippen molar-refractivity contribution in [3.05, 3.63) is 35.9 Å². The van der Waals surface area contributed by atoms with Gasteiger partial charge in [-0.2, -0.15) is 0 Å². The molecule has 126 valence electrons. The number of carbonyl (C=O) groups excluding carboxylic acids is 2. The summed E-state index contributed by atoms with van der Waals surface area (Å²) in [5.41, 5.74) is 0.941. The highest BCUT2D eigenvalue weighted by molar-refractivity contribution is 5.80. The van der Waals surface area contributed by atoms with Gasteiger partial charge in [-0.1, -0.05) is 30.3 Å². The number of hydrogen-bond donors (Lipinski definition) is 1. The van der Waals surface area contributed by atoms with Crippen LogP contribution in [0.25, 0.3) is 0 Å². The number of nitrogens with zero attached hydrogens (tertiary/aromatic N) is 1. The van der Waals surface area contributed by atoms with Gasteiger partial charge in [0.2, 0.25) is 0 Å². The molecule has 6 heteroatoms. The summed E-state index contributed by atoms with van der Waals surface area (Å²) in [6.45, 7) is 3.15.